The van der Waals surface area contributed by atoms with E-state index in [0.29, 0.717) is 11.9 Å². The molecule has 3 saturated heterocycles. The number of carbonyl (C=O) groups is 1. The van der Waals surface area contributed by atoms with Crippen LogP contribution in [0.1, 0.15) is 55.5 Å². The molecule has 7 aliphatic rings. The molecular formula is C30H34N4O3. The average molecular weight is 499 g/mol. The largest absolute Gasteiger partial charge is 0.493 e. The number of nitrogens with zero attached hydrogens (tertiary/aromatic N) is 4. The van der Waals surface area contributed by atoms with E-state index in [1.54, 1.807) is 37.7 Å². The Morgan fingerprint density at radius 2 is 2.03 bits per heavy atom. The number of ether oxygens (including phenoxy) is 2. The number of fused-ring (bicyclic) bond motifs is 3. The van der Waals surface area contributed by atoms with E-state index in [1.807, 2.05) is 0 Å². The Labute approximate surface area is 217 Å². The minimum absolute atomic E-state index is 0.0231. The molecule has 0 N–H and O–H groups in total. The van der Waals surface area contributed by atoms with Gasteiger partial charge in [-0.1, -0.05) is 6.07 Å². The van der Waals surface area contributed by atoms with Crippen molar-refractivity contribution in [3.8, 4) is 11.5 Å². The topological polar surface area (TPSA) is 67.8 Å². The monoisotopic (exact) mass is 498 g/mol. The highest BCUT2D eigenvalue weighted by atomic mass is 16.5. The minimum Gasteiger partial charge on any atom is -0.493 e. The van der Waals surface area contributed by atoms with Crippen molar-refractivity contribution in [2.24, 2.45) is 11.3 Å². The number of rotatable bonds is 5. The van der Waals surface area contributed by atoms with Crippen LogP contribution in [0, 0.1) is 11.3 Å². The van der Waals surface area contributed by atoms with Gasteiger partial charge in [0.1, 0.15) is 6.10 Å². The molecule has 5 heterocycles. The maximum Gasteiger partial charge on any atom is 0.247 e. The molecule has 7 nitrogen and oxygen atoms in total. The molecule has 1 amide bonds. The van der Waals surface area contributed by atoms with Gasteiger partial charge in [-0.2, -0.15) is 0 Å². The van der Waals surface area contributed by atoms with Gasteiger partial charge in [0.05, 0.1) is 13.2 Å². The predicted molar refractivity (Wildman–Crippen MR) is 138 cm³/mol. The zero-order chi connectivity index (χ0) is 24.8. The van der Waals surface area contributed by atoms with Gasteiger partial charge in [-0.3, -0.25) is 9.69 Å². The van der Waals surface area contributed by atoms with E-state index in [1.165, 1.54) is 30.5 Å². The number of hydrogen-bond donors (Lipinski definition) is 0. The smallest absolute Gasteiger partial charge is 0.247 e. The molecule has 4 aliphatic heterocycles. The SMILES string of the molecule is COc1ccc2c3c1O[C@H]1[C@H]4CC[C@@]5(CCN4C(=O)/C=C/c4ncccn4)[C@@H](C2)N(CC2CC2)CC[C@]315. The molecule has 37 heavy (non-hydrogen) atoms. The molecule has 7 heteroatoms. The first-order valence-corrected chi connectivity index (χ1v) is 14.0. The lowest BCUT2D eigenvalue weighted by Crippen LogP contribution is -2.72. The van der Waals surface area contributed by atoms with Crippen LogP contribution >= 0.6 is 0 Å². The van der Waals surface area contributed by atoms with Gasteiger partial charge in [-0.05, 0) is 81.2 Å². The first-order valence-electron chi connectivity index (χ1n) is 14.0. The molecule has 0 radical (unpaired) electrons. The maximum atomic E-state index is 13.7. The summed E-state index contributed by atoms with van der Waals surface area (Å²) >= 11 is 0. The van der Waals surface area contributed by atoms with Crippen molar-refractivity contribution in [1.29, 1.82) is 0 Å². The molecule has 0 unspecified atom stereocenters. The number of amides is 1. The van der Waals surface area contributed by atoms with E-state index in [-0.39, 0.29) is 28.9 Å². The molecule has 2 aromatic rings. The Morgan fingerprint density at radius 1 is 1.16 bits per heavy atom. The van der Waals surface area contributed by atoms with Crippen LogP contribution in [-0.2, 0) is 16.6 Å². The zero-order valence-electron chi connectivity index (χ0n) is 21.4. The molecule has 5 fully saturated rings. The fraction of sp³-hybridized carbons (Fsp3) is 0.567. The number of methoxy groups -OCH3 is 1. The van der Waals surface area contributed by atoms with E-state index < -0.39 is 0 Å². The van der Waals surface area contributed by atoms with Crippen molar-refractivity contribution in [3.63, 3.8) is 0 Å². The maximum absolute atomic E-state index is 13.7. The van der Waals surface area contributed by atoms with E-state index in [0.717, 1.165) is 62.6 Å². The van der Waals surface area contributed by atoms with Crippen molar-refractivity contribution in [2.45, 2.75) is 68.5 Å². The Balaban J connectivity index is 1.23. The summed E-state index contributed by atoms with van der Waals surface area (Å²) in [5.74, 6) is 3.28. The molecule has 3 aliphatic carbocycles. The summed E-state index contributed by atoms with van der Waals surface area (Å²) in [6, 6.07) is 6.76. The lowest BCUT2D eigenvalue weighted by atomic mass is 9.42. The van der Waals surface area contributed by atoms with Crippen LogP contribution < -0.4 is 9.47 Å². The van der Waals surface area contributed by atoms with Crippen LogP contribution in [0.4, 0.5) is 0 Å². The van der Waals surface area contributed by atoms with Crippen LogP contribution in [0.5, 0.6) is 11.5 Å². The highest BCUT2D eigenvalue weighted by Gasteiger charge is 2.74. The Bertz CT molecular complexity index is 1290. The zero-order valence-corrected chi connectivity index (χ0v) is 21.4. The number of benzene rings is 1. The molecular weight excluding hydrogens is 464 g/mol. The van der Waals surface area contributed by atoms with Crippen LogP contribution in [0.15, 0.2) is 36.7 Å². The Morgan fingerprint density at radius 3 is 2.84 bits per heavy atom. The van der Waals surface area contributed by atoms with Gasteiger partial charge in [0.2, 0.25) is 5.91 Å². The van der Waals surface area contributed by atoms with E-state index in [9.17, 15) is 4.79 Å². The first-order chi connectivity index (χ1) is 18.1. The van der Waals surface area contributed by atoms with Crippen LogP contribution in [0.3, 0.4) is 0 Å². The number of carbonyl (C=O) groups excluding carboxylic acids is 1. The van der Waals surface area contributed by atoms with E-state index in [2.05, 4.69) is 31.9 Å². The Kier molecular flexibility index (Phi) is 4.65. The summed E-state index contributed by atoms with van der Waals surface area (Å²) in [4.78, 5) is 27.2. The third-order valence-corrected chi connectivity index (χ3v) is 10.6. The number of likely N-dealkylation sites (tertiary alicyclic amines) is 1. The predicted octanol–water partition coefficient (Wildman–Crippen LogP) is 3.62. The third kappa shape index (κ3) is 2.89. The van der Waals surface area contributed by atoms with Crippen LogP contribution in [0.25, 0.3) is 6.08 Å². The first kappa shape index (κ1) is 22.1. The van der Waals surface area contributed by atoms with E-state index >= 15 is 0 Å². The molecule has 192 valence electrons. The second kappa shape index (κ2) is 7.79. The lowest BCUT2D eigenvalue weighted by molar-refractivity contribution is -0.140. The number of piperidine rings is 1. The highest BCUT2D eigenvalue weighted by molar-refractivity contribution is 5.91. The van der Waals surface area contributed by atoms with Crippen molar-refractivity contribution >= 4 is 12.0 Å². The number of aromatic nitrogens is 2. The van der Waals surface area contributed by atoms with Crippen molar-refractivity contribution in [1.82, 2.24) is 19.8 Å². The number of hydrogen-bond acceptors (Lipinski definition) is 6. The van der Waals surface area contributed by atoms with Crippen molar-refractivity contribution in [3.05, 3.63) is 53.6 Å². The van der Waals surface area contributed by atoms with Gasteiger partial charge >= 0.3 is 0 Å². The van der Waals surface area contributed by atoms with Crippen molar-refractivity contribution < 1.29 is 14.3 Å². The van der Waals surface area contributed by atoms with Gasteiger partial charge in [-0.25, -0.2) is 9.97 Å². The summed E-state index contributed by atoms with van der Waals surface area (Å²) in [6.07, 6.45) is 14.9. The standard InChI is InChI=1S/C30H34N4O3/c1-36-22-6-5-20-17-23-29-10-9-21(34(16-11-29)25(35)8-7-24-31-13-2-14-32-24)28-30(29,26(20)27(22)37-28)12-15-33(23)18-19-3-4-19/h2,5-8,13-14,19,21,23,28H,3-4,9-12,15-18H2,1H3/b8-7+/t21-,23-,28+,29-,30+/m1/s1. The molecule has 1 aromatic heterocycles. The molecule has 5 atom stereocenters. The van der Waals surface area contributed by atoms with Gasteiger partial charge in [0.25, 0.3) is 0 Å². The van der Waals surface area contributed by atoms with Crippen LogP contribution in [-0.4, -0.2) is 70.6 Å². The van der Waals surface area contributed by atoms with Gasteiger partial charge in [0.15, 0.2) is 17.3 Å². The highest BCUT2D eigenvalue weighted by Crippen LogP contribution is 2.71. The van der Waals surface area contributed by atoms with Gasteiger partial charge in [-0.15, -0.1) is 0 Å². The summed E-state index contributed by atoms with van der Waals surface area (Å²) in [7, 11) is 1.74. The van der Waals surface area contributed by atoms with Crippen LogP contribution in [0.2, 0.25) is 0 Å². The summed E-state index contributed by atoms with van der Waals surface area (Å²) in [5.41, 5.74) is 2.96. The second-order valence-corrected chi connectivity index (χ2v) is 12.0. The second-order valence-electron chi connectivity index (χ2n) is 12.0. The fourth-order valence-corrected chi connectivity index (χ4v) is 9.05. The fourth-order valence-electron chi connectivity index (χ4n) is 9.05. The summed E-state index contributed by atoms with van der Waals surface area (Å²) in [6.45, 7) is 3.15. The van der Waals surface area contributed by atoms with Gasteiger partial charge in [0, 0.05) is 54.0 Å². The lowest BCUT2D eigenvalue weighted by Gasteiger charge is -2.66. The molecule has 1 aromatic carbocycles. The molecule has 2 spiro atoms. The molecule has 9 rings (SSSR count). The normalized spacial score (nSPS) is 35.3. The minimum atomic E-state index is -0.0423. The molecule has 2 saturated carbocycles. The van der Waals surface area contributed by atoms with Crippen molar-refractivity contribution in [2.75, 3.05) is 26.7 Å². The quantitative estimate of drug-likeness (QED) is 0.587. The summed E-state index contributed by atoms with van der Waals surface area (Å²) < 4.78 is 12.8. The van der Waals surface area contributed by atoms with E-state index in [4.69, 9.17) is 9.47 Å². The third-order valence-electron chi connectivity index (χ3n) is 10.6. The summed E-state index contributed by atoms with van der Waals surface area (Å²) in [5, 5.41) is 0. The average Bonchev–Trinajstić information content (AvgIpc) is 3.72. The van der Waals surface area contributed by atoms with Gasteiger partial charge < -0.3 is 14.4 Å². The molecule has 4 bridgehead atoms. The Hall–Kier alpha value is -2.93.